The van der Waals surface area contributed by atoms with Crippen molar-refractivity contribution in [2.75, 3.05) is 26.2 Å². The first-order valence-corrected chi connectivity index (χ1v) is 13.2. The van der Waals surface area contributed by atoms with E-state index in [-0.39, 0.29) is 6.10 Å². The van der Waals surface area contributed by atoms with Crippen LogP contribution in [0.2, 0.25) is 0 Å². The number of hydrogen-bond acceptors (Lipinski definition) is 6. The van der Waals surface area contributed by atoms with E-state index in [0.29, 0.717) is 24.0 Å². The average Bonchev–Trinajstić information content (AvgIpc) is 3.32. The largest absolute Gasteiger partial charge is 0.467 e. The van der Waals surface area contributed by atoms with Gasteiger partial charge in [0.25, 0.3) is 5.19 Å². The van der Waals surface area contributed by atoms with E-state index in [0.717, 1.165) is 54.7 Å². The number of rotatable bonds is 5. The predicted molar refractivity (Wildman–Crippen MR) is 123 cm³/mol. The van der Waals surface area contributed by atoms with Crippen molar-refractivity contribution in [2.45, 2.75) is 42.7 Å². The molecule has 3 aromatic rings. The normalized spacial score (nSPS) is 20.3. The van der Waals surface area contributed by atoms with Gasteiger partial charge in [-0.2, -0.15) is 4.31 Å². The van der Waals surface area contributed by atoms with Crippen molar-refractivity contribution < 1.29 is 13.2 Å². The van der Waals surface area contributed by atoms with Gasteiger partial charge in [0.05, 0.1) is 4.90 Å². The lowest BCUT2D eigenvalue weighted by Gasteiger charge is -2.41. The lowest BCUT2D eigenvalue weighted by atomic mass is 10.00. The fourth-order valence-corrected chi connectivity index (χ4v) is 6.75. The molecule has 0 amide bonds. The number of aromatic nitrogens is 1. The fraction of sp³-hybridized carbons (Fsp3) is 0.435. The number of ether oxygens (including phenoxy) is 1. The third kappa shape index (κ3) is 4.48. The van der Waals surface area contributed by atoms with Crippen molar-refractivity contribution in [3.63, 3.8) is 0 Å². The van der Waals surface area contributed by atoms with Crippen LogP contribution >= 0.6 is 11.3 Å². The Balaban J connectivity index is 1.17. The molecule has 31 heavy (non-hydrogen) atoms. The van der Waals surface area contributed by atoms with Crippen molar-refractivity contribution in [2.24, 2.45) is 0 Å². The molecule has 5 rings (SSSR count). The smallest absolute Gasteiger partial charge is 0.273 e. The number of sulfonamides is 1. The Morgan fingerprint density at radius 3 is 2.39 bits per heavy atom. The number of nitrogens with zero attached hydrogens (tertiary/aromatic N) is 3. The maximum Gasteiger partial charge on any atom is 0.273 e. The minimum absolute atomic E-state index is 0.232. The average molecular weight is 458 g/mol. The topological polar surface area (TPSA) is 62.7 Å². The van der Waals surface area contributed by atoms with Gasteiger partial charge in [0.1, 0.15) is 6.10 Å². The molecule has 0 saturated carbocycles. The van der Waals surface area contributed by atoms with Crippen molar-refractivity contribution in [1.29, 1.82) is 0 Å². The maximum atomic E-state index is 13.2. The van der Waals surface area contributed by atoms with Crippen LogP contribution in [0.4, 0.5) is 0 Å². The minimum atomic E-state index is -3.46. The summed E-state index contributed by atoms with van der Waals surface area (Å²) < 4.78 is 34.0. The molecular weight excluding hydrogens is 430 g/mol. The highest BCUT2D eigenvalue weighted by molar-refractivity contribution is 7.89. The van der Waals surface area contributed by atoms with Crippen LogP contribution in [0.5, 0.6) is 5.19 Å². The zero-order chi connectivity index (χ0) is 21.3. The second-order valence-electron chi connectivity index (χ2n) is 8.30. The van der Waals surface area contributed by atoms with E-state index in [9.17, 15) is 8.42 Å². The van der Waals surface area contributed by atoms with Crippen LogP contribution in [0.15, 0.2) is 58.9 Å². The second-order valence-corrected chi connectivity index (χ2v) is 11.1. The third-order valence-electron chi connectivity index (χ3n) is 6.45. The van der Waals surface area contributed by atoms with Gasteiger partial charge >= 0.3 is 0 Å². The van der Waals surface area contributed by atoms with Gasteiger partial charge in [-0.3, -0.25) is 0 Å². The van der Waals surface area contributed by atoms with Crippen molar-refractivity contribution in [1.82, 2.24) is 14.2 Å². The van der Waals surface area contributed by atoms with Gasteiger partial charge in [0.2, 0.25) is 10.0 Å². The molecule has 2 saturated heterocycles. The van der Waals surface area contributed by atoms with Crippen LogP contribution in [0, 0.1) is 0 Å². The minimum Gasteiger partial charge on any atom is -0.467 e. The van der Waals surface area contributed by atoms with E-state index >= 15 is 0 Å². The van der Waals surface area contributed by atoms with E-state index < -0.39 is 10.0 Å². The van der Waals surface area contributed by atoms with Gasteiger partial charge < -0.3 is 9.64 Å². The summed E-state index contributed by atoms with van der Waals surface area (Å²) in [4.78, 5) is 7.12. The first kappa shape index (κ1) is 20.9. The quantitative estimate of drug-likeness (QED) is 0.580. The van der Waals surface area contributed by atoms with Crippen molar-refractivity contribution in [3.05, 3.63) is 54.0 Å². The zero-order valence-corrected chi connectivity index (χ0v) is 19.0. The lowest BCUT2D eigenvalue weighted by Crippen LogP contribution is -2.50. The summed E-state index contributed by atoms with van der Waals surface area (Å²) in [6, 6.07) is 13.7. The molecule has 2 aliphatic heterocycles. The first-order chi connectivity index (χ1) is 15.1. The van der Waals surface area contributed by atoms with Crippen LogP contribution in [-0.4, -0.2) is 60.9 Å². The Hall–Kier alpha value is -2.00. The Bertz CT molecular complexity index is 1120. The van der Waals surface area contributed by atoms with Gasteiger partial charge in [-0.05, 0) is 48.6 Å². The predicted octanol–water partition coefficient (Wildman–Crippen LogP) is 3.99. The highest BCUT2D eigenvalue weighted by atomic mass is 32.2. The van der Waals surface area contributed by atoms with Crippen LogP contribution in [0.3, 0.4) is 0 Å². The van der Waals surface area contributed by atoms with Gasteiger partial charge in [-0.1, -0.05) is 41.7 Å². The molecule has 2 aromatic carbocycles. The maximum absolute atomic E-state index is 13.2. The van der Waals surface area contributed by atoms with E-state index in [1.807, 2.05) is 35.7 Å². The van der Waals surface area contributed by atoms with Gasteiger partial charge in [0.15, 0.2) is 0 Å². The lowest BCUT2D eigenvalue weighted by molar-refractivity contribution is 0.0584. The Kier molecular flexibility index (Phi) is 5.97. The third-order valence-corrected chi connectivity index (χ3v) is 9.01. The molecule has 0 spiro atoms. The zero-order valence-electron chi connectivity index (χ0n) is 17.4. The van der Waals surface area contributed by atoms with E-state index in [1.54, 1.807) is 22.6 Å². The van der Waals surface area contributed by atoms with E-state index in [1.165, 1.54) is 11.3 Å². The molecule has 2 aliphatic rings. The van der Waals surface area contributed by atoms with Crippen LogP contribution < -0.4 is 4.74 Å². The molecule has 164 valence electrons. The molecule has 8 heteroatoms. The molecule has 2 fully saturated rings. The van der Waals surface area contributed by atoms with E-state index in [2.05, 4.69) is 9.88 Å². The summed E-state index contributed by atoms with van der Waals surface area (Å²) in [6.07, 6.45) is 5.75. The molecule has 6 nitrogen and oxygen atoms in total. The molecule has 0 atom stereocenters. The monoisotopic (exact) mass is 457 g/mol. The molecule has 0 radical (unpaired) electrons. The van der Waals surface area contributed by atoms with Gasteiger partial charge in [-0.25, -0.2) is 13.4 Å². The summed E-state index contributed by atoms with van der Waals surface area (Å²) in [5, 5.41) is 4.71. The number of benzene rings is 2. The Morgan fingerprint density at radius 2 is 1.68 bits per heavy atom. The molecule has 1 aromatic heterocycles. The highest BCUT2D eigenvalue weighted by Gasteiger charge is 2.33. The first-order valence-electron chi connectivity index (χ1n) is 10.9. The summed E-state index contributed by atoms with van der Waals surface area (Å²) >= 11 is 1.54. The Morgan fingerprint density at radius 1 is 0.935 bits per heavy atom. The summed E-state index contributed by atoms with van der Waals surface area (Å²) in [7, 11) is -3.46. The standard InChI is InChI=1S/C23H27N3O3S2/c27-31(28,22-6-5-18-3-1-2-4-19(18)17-22)26-14-7-20(8-15-26)25-12-9-21(10-13-25)29-23-24-11-16-30-23/h1-6,11,16-17,20-21H,7-10,12-15H2. The molecule has 0 bridgehead atoms. The highest BCUT2D eigenvalue weighted by Crippen LogP contribution is 2.28. The fourth-order valence-electron chi connectivity index (χ4n) is 4.69. The van der Waals surface area contributed by atoms with E-state index in [4.69, 9.17) is 4.74 Å². The molecular formula is C23H27N3O3S2. The second kappa shape index (κ2) is 8.86. The molecule has 0 aliphatic carbocycles. The van der Waals surface area contributed by atoms with Crippen molar-refractivity contribution >= 4 is 32.1 Å². The van der Waals surface area contributed by atoms with Crippen LogP contribution in [0.1, 0.15) is 25.7 Å². The number of thiazole rings is 1. The number of likely N-dealkylation sites (tertiary alicyclic amines) is 1. The Labute approximate surface area is 187 Å². The summed E-state index contributed by atoms with van der Waals surface area (Å²) in [5.74, 6) is 0. The number of fused-ring (bicyclic) bond motifs is 1. The van der Waals surface area contributed by atoms with Gasteiger partial charge in [0, 0.05) is 43.8 Å². The van der Waals surface area contributed by atoms with Gasteiger partial charge in [-0.15, -0.1) is 0 Å². The molecule has 3 heterocycles. The number of piperidine rings is 2. The van der Waals surface area contributed by atoms with Crippen molar-refractivity contribution in [3.8, 4) is 5.19 Å². The number of hydrogen-bond donors (Lipinski definition) is 0. The molecule has 0 N–H and O–H groups in total. The van der Waals surface area contributed by atoms with Crippen LogP contribution in [0.25, 0.3) is 10.8 Å². The SMILES string of the molecule is O=S(=O)(c1ccc2ccccc2c1)N1CCC(N2CCC(Oc3nccs3)CC2)CC1. The summed E-state index contributed by atoms with van der Waals surface area (Å²) in [6.45, 7) is 3.15. The van der Waals surface area contributed by atoms with Crippen LogP contribution in [-0.2, 0) is 10.0 Å². The molecule has 0 unspecified atom stereocenters. The summed E-state index contributed by atoms with van der Waals surface area (Å²) in [5.41, 5.74) is 0.